The molecule has 0 aromatic rings. The second kappa shape index (κ2) is 5.80. The van der Waals surface area contributed by atoms with Gasteiger partial charge in [-0.1, -0.05) is 23.9 Å². The Bertz CT molecular complexity index is 279. The SMILES string of the molecule is C=C(C)CNC(=O)CCN1CCSC1=O. The van der Waals surface area contributed by atoms with E-state index in [0.29, 0.717) is 19.5 Å². The van der Waals surface area contributed by atoms with E-state index in [2.05, 4.69) is 11.9 Å². The van der Waals surface area contributed by atoms with E-state index >= 15 is 0 Å². The van der Waals surface area contributed by atoms with Gasteiger partial charge in [0.05, 0.1) is 0 Å². The highest BCUT2D eigenvalue weighted by Gasteiger charge is 2.21. The molecule has 0 saturated carbocycles. The quantitative estimate of drug-likeness (QED) is 0.720. The Morgan fingerprint density at radius 1 is 1.67 bits per heavy atom. The van der Waals surface area contributed by atoms with Crippen molar-refractivity contribution in [1.82, 2.24) is 10.2 Å². The van der Waals surface area contributed by atoms with Gasteiger partial charge in [-0.05, 0) is 6.92 Å². The molecule has 1 N–H and O–H groups in total. The number of thioether (sulfide) groups is 1. The average Bonchev–Trinajstić information content (AvgIpc) is 2.58. The van der Waals surface area contributed by atoms with Crippen LogP contribution < -0.4 is 5.32 Å². The number of carbonyl (C=O) groups is 2. The van der Waals surface area contributed by atoms with Crippen LogP contribution in [0.4, 0.5) is 4.79 Å². The predicted octanol–water partition coefficient (Wildman–Crippen LogP) is 1.24. The van der Waals surface area contributed by atoms with E-state index in [0.717, 1.165) is 17.9 Å². The fourth-order valence-corrected chi connectivity index (χ4v) is 2.05. The minimum Gasteiger partial charge on any atom is -0.352 e. The van der Waals surface area contributed by atoms with Crippen LogP contribution in [0.5, 0.6) is 0 Å². The summed E-state index contributed by atoms with van der Waals surface area (Å²) in [7, 11) is 0. The van der Waals surface area contributed by atoms with E-state index in [9.17, 15) is 9.59 Å². The highest BCUT2D eigenvalue weighted by molar-refractivity contribution is 8.13. The van der Waals surface area contributed by atoms with Gasteiger partial charge in [0.15, 0.2) is 0 Å². The van der Waals surface area contributed by atoms with Crippen LogP contribution in [-0.2, 0) is 4.79 Å². The van der Waals surface area contributed by atoms with E-state index in [4.69, 9.17) is 0 Å². The first-order valence-corrected chi connectivity index (χ1v) is 5.91. The van der Waals surface area contributed by atoms with E-state index in [1.54, 1.807) is 4.90 Å². The topological polar surface area (TPSA) is 49.4 Å². The van der Waals surface area contributed by atoms with Crippen molar-refractivity contribution in [3.8, 4) is 0 Å². The van der Waals surface area contributed by atoms with Gasteiger partial charge in [0.1, 0.15) is 0 Å². The highest BCUT2D eigenvalue weighted by Crippen LogP contribution is 2.16. The molecule has 0 aromatic heterocycles. The number of amides is 2. The lowest BCUT2D eigenvalue weighted by molar-refractivity contribution is -0.121. The minimum absolute atomic E-state index is 0.0253. The van der Waals surface area contributed by atoms with Gasteiger partial charge in [-0.2, -0.15) is 0 Å². The van der Waals surface area contributed by atoms with Crippen LogP contribution >= 0.6 is 11.8 Å². The number of hydrogen-bond donors (Lipinski definition) is 1. The van der Waals surface area contributed by atoms with Crippen molar-refractivity contribution in [2.45, 2.75) is 13.3 Å². The summed E-state index contributed by atoms with van der Waals surface area (Å²) in [6.07, 6.45) is 0.375. The Balaban J connectivity index is 2.16. The third-order valence-electron chi connectivity index (χ3n) is 2.04. The summed E-state index contributed by atoms with van der Waals surface area (Å²) in [6.45, 7) is 7.35. The first-order valence-electron chi connectivity index (χ1n) is 4.92. The third kappa shape index (κ3) is 4.38. The molecule has 84 valence electrons. The summed E-state index contributed by atoms with van der Waals surface area (Å²) in [4.78, 5) is 24.2. The van der Waals surface area contributed by atoms with E-state index < -0.39 is 0 Å². The van der Waals surface area contributed by atoms with Gasteiger partial charge in [0.2, 0.25) is 5.91 Å². The Hall–Kier alpha value is -0.970. The second-order valence-electron chi connectivity index (χ2n) is 3.59. The summed E-state index contributed by atoms with van der Waals surface area (Å²) < 4.78 is 0. The Kier molecular flexibility index (Phi) is 4.68. The summed E-state index contributed by atoms with van der Waals surface area (Å²) in [5.41, 5.74) is 0.927. The number of rotatable bonds is 5. The zero-order valence-electron chi connectivity index (χ0n) is 8.91. The Morgan fingerprint density at radius 3 is 2.93 bits per heavy atom. The molecule has 1 aliphatic rings. The zero-order valence-corrected chi connectivity index (χ0v) is 9.73. The van der Waals surface area contributed by atoms with Crippen molar-refractivity contribution in [1.29, 1.82) is 0 Å². The number of nitrogens with one attached hydrogen (secondary N) is 1. The smallest absolute Gasteiger partial charge is 0.281 e. The van der Waals surface area contributed by atoms with Crippen molar-refractivity contribution >= 4 is 22.9 Å². The summed E-state index contributed by atoms with van der Waals surface area (Å²) in [5, 5.41) is 2.82. The number of nitrogens with zero attached hydrogens (tertiary/aromatic N) is 1. The summed E-state index contributed by atoms with van der Waals surface area (Å²) in [6, 6.07) is 0. The van der Waals surface area contributed by atoms with E-state index in [-0.39, 0.29) is 11.1 Å². The van der Waals surface area contributed by atoms with Gasteiger partial charge in [0.25, 0.3) is 5.24 Å². The molecule has 0 bridgehead atoms. The van der Waals surface area contributed by atoms with Crippen LogP contribution in [0.2, 0.25) is 0 Å². The largest absolute Gasteiger partial charge is 0.352 e. The summed E-state index contributed by atoms with van der Waals surface area (Å²) in [5.74, 6) is 0.814. The van der Waals surface area contributed by atoms with Crippen molar-refractivity contribution in [3.05, 3.63) is 12.2 Å². The molecule has 15 heavy (non-hydrogen) atoms. The summed E-state index contributed by atoms with van der Waals surface area (Å²) >= 11 is 1.32. The lowest BCUT2D eigenvalue weighted by Crippen LogP contribution is -2.31. The van der Waals surface area contributed by atoms with Gasteiger partial charge in [-0.3, -0.25) is 9.59 Å². The molecular weight excluding hydrogens is 212 g/mol. The Morgan fingerprint density at radius 2 is 2.40 bits per heavy atom. The van der Waals surface area contributed by atoms with Crippen molar-refractivity contribution in [2.75, 3.05) is 25.4 Å². The minimum atomic E-state index is -0.0253. The van der Waals surface area contributed by atoms with Crippen LogP contribution in [0, 0.1) is 0 Å². The Labute approximate surface area is 94.1 Å². The van der Waals surface area contributed by atoms with Crippen LogP contribution in [0.1, 0.15) is 13.3 Å². The van der Waals surface area contributed by atoms with Crippen molar-refractivity contribution in [2.24, 2.45) is 0 Å². The molecule has 1 aliphatic heterocycles. The molecule has 1 heterocycles. The van der Waals surface area contributed by atoms with Gasteiger partial charge < -0.3 is 10.2 Å². The van der Waals surface area contributed by atoms with Crippen LogP contribution in [0.25, 0.3) is 0 Å². The number of carbonyl (C=O) groups excluding carboxylic acids is 2. The molecular formula is C10H16N2O2S. The molecule has 4 nitrogen and oxygen atoms in total. The molecule has 0 aliphatic carbocycles. The molecule has 2 amide bonds. The molecule has 1 rings (SSSR count). The van der Waals surface area contributed by atoms with Crippen molar-refractivity contribution < 1.29 is 9.59 Å². The third-order valence-corrected chi connectivity index (χ3v) is 2.93. The van der Waals surface area contributed by atoms with Crippen LogP contribution in [-0.4, -0.2) is 41.4 Å². The van der Waals surface area contributed by atoms with Crippen molar-refractivity contribution in [3.63, 3.8) is 0 Å². The first-order chi connectivity index (χ1) is 7.09. The fourth-order valence-electron chi connectivity index (χ4n) is 1.20. The monoisotopic (exact) mass is 228 g/mol. The predicted molar refractivity (Wildman–Crippen MR) is 61.9 cm³/mol. The maximum atomic E-state index is 11.3. The molecule has 0 unspecified atom stereocenters. The molecule has 1 fully saturated rings. The second-order valence-corrected chi connectivity index (χ2v) is 4.63. The maximum absolute atomic E-state index is 11.3. The highest BCUT2D eigenvalue weighted by atomic mass is 32.2. The first kappa shape index (κ1) is 12.1. The van der Waals surface area contributed by atoms with Gasteiger partial charge in [-0.15, -0.1) is 0 Å². The molecule has 0 atom stereocenters. The standard InChI is InChI=1S/C10H16N2O2S/c1-8(2)7-11-9(13)3-4-12-5-6-15-10(12)14/h1,3-7H2,2H3,(H,11,13). The van der Waals surface area contributed by atoms with E-state index in [1.807, 2.05) is 6.92 Å². The normalized spacial score (nSPS) is 15.5. The van der Waals surface area contributed by atoms with Crippen LogP contribution in [0.15, 0.2) is 12.2 Å². The molecule has 5 heteroatoms. The zero-order chi connectivity index (χ0) is 11.3. The van der Waals surface area contributed by atoms with Crippen LogP contribution in [0.3, 0.4) is 0 Å². The molecule has 0 spiro atoms. The average molecular weight is 228 g/mol. The molecule has 1 saturated heterocycles. The number of hydrogen-bond acceptors (Lipinski definition) is 3. The molecule has 0 aromatic carbocycles. The van der Waals surface area contributed by atoms with Gasteiger partial charge in [0, 0.05) is 31.8 Å². The van der Waals surface area contributed by atoms with Gasteiger partial charge in [-0.25, -0.2) is 0 Å². The van der Waals surface area contributed by atoms with Gasteiger partial charge >= 0.3 is 0 Å². The fraction of sp³-hybridized carbons (Fsp3) is 0.600. The van der Waals surface area contributed by atoms with E-state index in [1.165, 1.54) is 11.8 Å². The maximum Gasteiger partial charge on any atom is 0.281 e. The molecule has 0 radical (unpaired) electrons. The lowest BCUT2D eigenvalue weighted by atomic mass is 10.3. The lowest BCUT2D eigenvalue weighted by Gasteiger charge is -2.13.